The van der Waals surface area contributed by atoms with E-state index in [1.54, 1.807) is 0 Å². The fraction of sp³-hybridized carbons (Fsp3) is 0.350. The summed E-state index contributed by atoms with van der Waals surface area (Å²) in [5.41, 5.74) is 3.59. The molecule has 124 valence electrons. The van der Waals surface area contributed by atoms with Gasteiger partial charge in [-0.2, -0.15) is 0 Å². The van der Waals surface area contributed by atoms with E-state index in [1.165, 1.54) is 44.5 Å². The van der Waals surface area contributed by atoms with Gasteiger partial charge in [0, 0.05) is 23.5 Å². The van der Waals surface area contributed by atoms with Crippen molar-refractivity contribution >= 4 is 28.0 Å². The van der Waals surface area contributed by atoms with Crippen molar-refractivity contribution in [2.45, 2.75) is 24.7 Å². The summed E-state index contributed by atoms with van der Waals surface area (Å²) in [6.07, 6.45) is 5.97. The van der Waals surface area contributed by atoms with Gasteiger partial charge in [0.25, 0.3) is 0 Å². The van der Waals surface area contributed by atoms with E-state index in [9.17, 15) is 0 Å². The Kier molecular flexibility index (Phi) is 3.97. The van der Waals surface area contributed by atoms with E-state index in [1.807, 2.05) is 18.2 Å². The number of para-hydroxylation sites is 1. The fourth-order valence-corrected chi connectivity index (χ4v) is 4.34. The molecule has 2 atom stereocenters. The molecule has 0 aliphatic carbocycles. The Labute approximate surface area is 152 Å². The molecule has 3 nitrogen and oxygen atoms in total. The summed E-state index contributed by atoms with van der Waals surface area (Å²) < 4.78 is 5.93. The number of benzene rings is 1. The molecule has 0 amide bonds. The van der Waals surface area contributed by atoms with E-state index in [0.29, 0.717) is 5.41 Å². The number of halogens is 1. The average Bonchev–Trinajstić information content (AvgIpc) is 3.16. The molecule has 0 N–H and O–H groups in total. The van der Waals surface area contributed by atoms with Gasteiger partial charge >= 0.3 is 0 Å². The SMILES string of the molecule is Br.c1ccc2oc(-c3ccc(C45CCCN(CC4)C5)cn3)cc2c1. The van der Waals surface area contributed by atoms with Gasteiger partial charge in [-0.3, -0.25) is 4.98 Å². The van der Waals surface area contributed by atoms with E-state index >= 15 is 0 Å². The number of hydrogen-bond donors (Lipinski definition) is 0. The Morgan fingerprint density at radius 2 is 1.96 bits per heavy atom. The van der Waals surface area contributed by atoms with Crippen LogP contribution in [0.3, 0.4) is 0 Å². The topological polar surface area (TPSA) is 29.3 Å². The van der Waals surface area contributed by atoms with Crippen LogP contribution in [-0.2, 0) is 5.41 Å². The van der Waals surface area contributed by atoms with Gasteiger partial charge in [-0.1, -0.05) is 24.3 Å². The molecule has 4 heteroatoms. The highest BCUT2D eigenvalue weighted by atomic mass is 79.9. The first-order chi connectivity index (χ1) is 11.3. The van der Waals surface area contributed by atoms with Crippen molar-refractivity contribution < 1.29 is 4.42 Å². The lowest BCUT2D eigenvalue weighted by Gasteiger charge is -2.34. The Bertz CT molecular complexity index is 820. The minimum absolute atomic E-state index is 0. The third-order valence-corrected chi connectivity index (χ3v) is 5.62. The Hall–Kier alpha value is -1.65. The summed E-state index contributed by atoms with van der Waals surface area (Å²) >= 11 is 0. The maximum atomic E-state index is 5.93. The molecule has 1 aromatic carbocycles. The zero-order valence-electron chi connectivity index (χ0n) is 13.6. The summed E-state index contributed by atoms with van der Waals surface area (Å²) in [5, 5.41) is 1.13. The molecule has 0 saturated carbocycles. The van der Waals surface area contributed by atoms with Gasteiger partial charge in [0.15, 0.2) is 5.76 Å². The van der Waals surface area contributed by atoms with Crippen LogP contribution in [0.1, 0.15) is 24.8 Å². The lowest BCUT2D eigenvalue weighted by Crippen LogP contribution is -2.36. The van der Waals surface area contributed by atoms with Gasteiger partial charge in [0.05, 0.1) is 0 Å². The Morgan fingerprint density at radius 1 is 1.04 bits per heavy atom. The van der Waals surface area contributed by atoms with E-state index in [4.69, 9.17) is 9.40 Å². The number of furan rings is 1. The predicted octanol–water partition coefficient (Wildman–Crippen LogP) is 4.81. The van der Waals surface area contributed by atoms with Gasteiger partial charge in [-0.25, -0.2) is 0 Å². The molecule has 2 saturated heterocycles. The van der Waals surface area contributed by atoms with E-state index in [0.717, 1.165) is 22.4 Å². The predicted molar refractivity (Wildman–Crippen MR) is 102 cm³/mol. The molecular formula is C20H21BrN2O. The molecule has 2 bridgehead atoms. The molecular weight excluding hydrogens is 364 g/mol. The fourth-order valence-electron chi connectivity index (χ4n) is 4.34. The van der Waals surface area contributed by atoms with Crippen LogP contribution in [0.15, 0.2) is 53.1 Å². The van der Waals surface area contributed by atoms with Crippen molar-refractivity contribution in [3.8, 4) is 11.5 Å². The molecule has 0 radical (unpaired) electrons. The van der Waals surface area contributed by atoms with E-state index < -0.39 is 0 Å². The maximum absolute atomic E-state index is 5.93. The molecule has 2 aliphatic rings. The number of fused-ring (bicyclic) bond motifs is 3. The highest BCUT2D eigenvalue weighted by Gasteiger charge is 2.42. The maximum Gasteiger partial charge on any atom is 0.153 e. The molecule has 4 heterocycles. The highest BCUT2D eigenvalue weighted by Crippen LogP contribution is 2.42. The van der Waals surface area contributed by atoms with Crippen LogP contribution in [0, 0.1) is 0 Å². The molecule has 2 aliphatic heterocycles. The first-order valence-corrected chi connectivity index (χ1v) is 8.50. The van der Waals surface area contributed by atoms with Crippen molar-refractivity contribution in [2.24, 2.45) is 0 Å². The number of pyridine rings is 1. The number of piperidine rings is 1. The van der Waals surface area contributed by atoms with Gasteiger partial charge < -0.3 is 9.32 Å². The number of aromatic nitrogens is 1. The molecule has 3 aromatic rings. The second-order valence-electron chi connectivity index (χ2n) is 6.99. The zero-order chi connectivity index (χ0) is 15.3. The van der Waals surface area contributed by atoms with Crippen molar-refractivity contribution in [3.05, 3.63) is 54.2 Å². The van der Waals surface area contributed by atoms with Gasteiger partial charge in [-0.05, 0) is 56.1 Å². The molecule has 2 fully saturated rings. The largest absolute Gasteiger partial charge is 0.454 e. The second-order valence-corrected chi connectivity index (χ2v) is 6.99. The van der Waals surface area contributed by atoms with Gasteiger partial charge in [-0.15, -0.1) is 17.0 Å². The van der Waals surface area contributed by atoms with Crippen LogP contribution in [0.25, 0.3) is 22.4 Å². The van der Waals surface area contributed by atoms with Crippen LogP contribution in [0.2, 0.25) is 0 Å². The number of rotatable bonds is 2. The summed E-state index contributed by atoms with van der Waals surface area (Å²) in [4.78, 5) is 7.31. The summed E-state index contributed by atoms with van der Waals surface area (Å²) in [5.74, 6) is 0.854. The van der Waals surface area contributed by atoms with Gasteiger partial charge in [0.2, 0.25) is 0 Å². The Balaban J connectivity index is 0.00000146. The normalized spacial score (nSPS) is 25.6. The lowest BCUT2D eigenvalue weighted by molar-refractivity contribution is 0.243. The molecule has 0 spiro atoms. The lowest BCUT2D eigenvalue weighted by atomic mass is 9.75. The number of hydrogen-bond acceptors (Lipinski definition) is 3. The van der Waals surface area contributed by atoms with E-state index in [2.05, 4.69) is 35.4 Å². The van der Waals surface area contributed by atoms with Crippen LogP contribution in [0.4, 0.5) is 0 Å². The monoisotopic (exact) mass is 384 g/mol. The van der Waals surface area contributed by atoms with Crippen molar-refractivity contribution in [2.75, 3.05) is 19.6 Å². The summed E-state index contributed by atoms with van der Waals surface area (Å²) in [6.45, 7) is 3.72. The van der Waals surface area contributed by atoms with Crippen LogP contribution in [0.5, 0.6) is 0 Å². The molecule has 2 unspecified atom stereocenters. The van der Waals surface area contributed by atoms with Crippen molar-refractivity contribution in [3.63, 3.8) is 0 Å². The smallest absolute Gasteiger partial charge is 0.153 e. The minimum atomic E-state index is 0. The standard InChI is InChI=1S/C20H20N2O.BrH/c1-2-5-18-15(4-1)12-19(23-18)17-7-6-16(13-21-17)20-8-3-10-22(14-20)11-9-20;/h1-2,4-7,12-13H,3,8-11,14H2;1H. The third kappa shape index (κ3) is 2.49. The van der Waals surface area contributed by atoms with Crippen LogP contribution in [-0.4, -0.2) is 29.5 Å². The van der Waals surface area contributed by atoms with Crippen molar-refractivity contribution in [1.82, 2.24) is 9.88 Å². The van der Waals surface area contributed by atoms with E-state index in [-0.39, 0.29) is 17.0 Å². The Morgan fingerprint density at radius 3 is 2.79 bits per heavy atom. The number of nitrogens with zero attached hydrogens (tertiary/aromatic N) is 2. The van der Waals surface area contributed by atoms with Crippen molar-refractivity contribution in [1.29, 1.82) is 0 Å². The first kappa shape index (κ1) is 15.9. The van der Waals surface area contributed by atoms with Crippen LogP contribution < -0.4 is 0 Å². The summed E-state index contributed by atoms with van der Waals surface area (Å²) in [7, 11) is 0. The minimum Gasteiger partial charge on any atom is -0.454 e. The first-order valence-electron chi connectivity index (χ1n) is 8.50. The molecule has 5 rings (SSSR count). The third-order valence-electron chi connectivity index (χ3n) is 5.62. The molecule has 24 heavy (non-hydrogen) atoms. The summed E-state index contributed by atoms with van der Waals surface area (Å²) in [6, 6.07) is 14.6. The molecule has 2 aromatic heterocycles. The average molecular weight is 385 g/mol. The zero-order valence-corrected chi connectivity index (χ0v) is 15.3. The quantitative estimate of drug-likeness (QED) is 0.634. The highest BCUT2D eigenvalue weighted by molar-refractivity contribution is 8.93. The second kappa shape index (κ2) is 6.01. The van der Waals surface area contributed by atoms with Gasteiger partial charge in [0.1, 0.15) is 11.3 Å². The van der Waals surface area contributed by atoms with Crippen LogP contribution >= 0.6 is 17.0 Å².